The van der Waals surface area contributed by atoms with Crippen molar-refractivity contribution < 1.29 is 14.6 Å². The highest BCUT2D eigenvalue weighted by molar-refractivity contribution is 5.77. The topological polar surface area (TPSA) is 54.7 Å². The normalized spacial score (nSPS) is 32.2. The van der Waals surface area contributed by atoms with Crippen molar-refractivity contribution in [3.05, 3.63) is 24.5 Å². The van der Waals surface area contributed by atoms with Crippen LogP contribution in [0.4, 0.5) is 0 Å². The van der Waals surface area contributed by atoms with Crippen LogP contribution < -0.4 is 0 Å². The third-order valence-electron chi connectivity index (χ3n) is 6.84. The summed E-state index contributed by atoms with van der Waals surface area (Å²) in [5, 5.41) is 10.9. The molecule has 1 aliphatic carbocycles. The number of carbonyl (C=O) groups is 1. The van der Waals surface area contributed by atoms with Crippen molar-refractivity contribution in [3.8, 4) is 0 Å². The second-order valence-corrected chi connectivity index (χ2v) is 8.24. The van der Waals surface area contributed by atoms with E-state index in [2.05, 4.69) is 17.0 Å². The van der Waals surface area contributed by atoms with Gasteiger partial charge >= 0.3 is 0 Å². The van der Waals surface area contributed by atoms with Crippen LogP contribution in [0.3, 0.4) is 0 Å². The molecule has 1 saturated carbocycles. The molecular weight excluding hydrogens is 316 g/mol. The fourth-order valence-corrected chi connectivity index (χ4v) is 5.12. The summed E-state index contributed by atoms with van der Waals surface area (Å²) in [7, 11) is 0. The summed E-state index contributed by atoms with van der Waals surface area (Å²) in [6, 6.07) is 4.06. The molecule has 0 aromatic carbocycles. The van der Waals surface area contributed by atoms with Gasteiger partial charge in [0, 0.05) is 44.6 Å². The van der Waals surface area contributed by atoms with Crippen LogP contribution in [-0.2, 0) is 15.1 Å². The average Bonchev–Trinajstić information content (AvgIpc) is 3.17. The van der Waals surface area contributed by atoms with Gasteiger partial charge in [0.15, 0.2) is 0 Å². The van der Waals surface area contributed by atoms with Crippen LogP contribution in [0.2, 0.25) is 0 Å². The molecule has 1 aromatic rings. The lowest BCUT2D eigenvalue weighted by atomic mass is 9.71. The van der Waals surface area contributed by atoms with E-state index >= 15 is 0 Å². The van der Waals surface area contributed by atoms with Gasteiger partial charge in [-0.15, -0.1) is 0 Å². The van der Waals surface area contributed by atoms with E-state index in [1.54, 1.807) is 0 Å². The minimum Gasteiger partial charge on any atom is -0.389 e. The number of carbonyl (C=O) groups excluding carboxylic acids is 1. The number of piperidine rings is 1. The molecule has 0 radical (unpaired) electrons. The first kappa shape index (κ1) is 17.1. The number of hydrogen-bond donors (Lipinski definition) is 1. The number of likely N-dealkylation sites (tertiary alicyclic amines) is 1. The van der Waals surface area contributed by atoms with Crippen molar-refractivity contribution >= 4 is 5.91 Å². The summed E-state index contributed by atoms with van der Waals surface area (Å²) in [4.78, 5) is 15.2. The van der Waals surface area contributed by atoms with Crippen LogP contribution in [-0.4, -0.2) is 52.4 Å². The van der Waals surface area contributed by atoms with Gasteiger partial charge in [-0.3, -0.25) is 4.79 Å². The summed E-state index contributed by atoms with van der Waals surface area (Å²) in [6.07, 6.45) is 11.5. The second-order valence-electron chi connectivity index (χ2n) is 8.24. The van der Waals surface area contributed by atoms with E-state index in [1.807, 2.05) is 17.0 Å². The first-order valence-corrected chi connectivity index (χ1v) is 9.83. The summed E-state index contributed by atoms with van der Waals surface area (Å²) >= 11 is 0. The third kappa shape index (κ3) is 3.24. The van der Waals surface area contributed by atoms with Gasteiger partial charge in [-0.25, -0.2) is 0 Å². The van der Waals surface area contributed by atoms with Gasteiger partial charge in [0.2, 0.25) is 5.91 Å². The minimum absolute atomic E-state index is 0.154. The minimum atomic E-state index is -0.522. The molecule has 5 heteroatoms. The molecule has 4 rings (SSSR count). The van der Waals surface area contributed by atoms with E-state index in [0.29, 0.717) is 26.2 Å². The molecule has 138 valence electrons. The molecule has 3 aliphatic rings. The average molecular weight is 346 g/mol. The van der Waals surface area contributed by atoms with Crippen LogP contribution in [0.5, 0.6) is 0 Å². The van der Waals surface area contributed by atoms with E-state index in [0.717, 1.165) is 45.1 Å². The maximum atomic E-state index is 13.1. The number of hydrogen-bond acceptors (Lipinski definition) is 3. The zero-order valence-corrected chi connectivity index (χ0v) is 15.0. The Labute approximate surface area is 150 Å². The highest BCUT2D eigenvalue weighted by Gasteiger charge is 2.45. The fourth-order valence-electron chi connectivity index (χ4n) is 5.12. The SMILES string of the molecule is O=C(CC1(n2cccc2)CCOCC1)N1CC[C@@]2(O)CCCC[C@@H]2C1. The summed E-state index contributed by atoms with van der Waals surface area (Å²) < 4.78 is 7.78. The molecule has 0 spiro atoms. The molecule has 3 fully saturated rings. The van der Waals surface area contributed by atoms with Gasteiger partial charge in [0.25, 0.3) is 0 Å². The Balaban J connectivity index is 1.47. The van der Waals surface area contributed by atoms with E-state index in [-0.39, 0.29) is 17.4 Å². The zero-order chi connectivity index (χ0) is 17.3. The van der Waals surface area contributed by atoms with Crippen molar-refractivity contribution in [1.29, 1.82) is 0 Å². The maximum Gasteiger partial charge on any atom is 0.224 e. The Morgan fingerprint density at radius 3 is 2.64 bits per heavy atom. The third-order valence-corrected chi connectivity index (χ3v) is 6.84. The number of fused-ring (bicyclic) bond motifs is 1. The molecule has 2 saturated heterocycles. The number of amides is 1. The molecule has 25 heavy (non-hydrogen) atoms. The van der Waals surface area contributed by atoms with Crippen molar-refractivity contribution in [2.24, 2.45) is 5.92 Å². The summed E-state index contributed by atoms with van der Waals surface area (Å²) in [6.45, 7) is 2.86. The number of aromatic nitrogens is 1. The standard InChI is InChI=1S/C20H30N2O3/c23-18(21-12-7-20(24)6-2-1-5-17(20)16-21)15-19(8-13-25-14-9-19)22-10-3-4-11-22/h3-4,10-11,17,24H,1-2,5-9,12-16H2/t17-,20+/m1/s1. The van der Waals surface area contributed by atoms with E-state index in [1.165, 1.54) is 6.42 Å². The van der Waals surface area contributed by atoms with Crippen LogP contribution in [0.1, 0.15) is 51.4 Å². The smallest absolute Gasteiger partial charge is 0.224 e. The van der Waals surface area contributed by atoms with Crippen molar-refractivity contribution in [1.82, 2.24) is 9.47 Å². The van der Waals surface area contributed by atoms with Gasteiger partial charge in [0.05, 0.1) is 17.6 Å². The van der Waals surface area contributed by atoms with Crippen molar-refractivity contribution in [3.63, 3.8) is 0 Å². The first-order chi connectivity index (χ1) is 12.1. The van der Waals surface area contributed by atoms with Gasteiger partial charge < -0.3 is 19.3 Å². The number of rotatable bonds is 3. The van der Waals surface area contributed by atoms with Gasteiger partial charge in [0.1, 0.15) is 0 Å². The largest absolute Gasteiger partial charge is 0.389 e. The molecule has 1 N–H and O–H groups in total. The molecular formula is C20H30N2O3. The van der Waals surface area contributed by atoms with Crippen molar-refractivity contribution in [2.75, 3.05) is 26.3 Å². The molecule has 1 aromatic heterocycles. The molecule has 3 heterocycles. The van der Waals surface area contributed by atoms with Crippen molar-refractivity contribution in [2.45, 2.75) is 62.5 Å². The van der Waals surface area contributed by atoms with Crippen LogP contribution in [0, 0.1) is 5.92 Å². The molecule has 0 unspecified atom stereocenters. The van der Waals surface area contributed by atoms with Gasteiger partial charge in [-0.1, -0.05) is 12.8 Å². The highest BCUT2D eigenvalue weighted by atomic mass is 16.5. The molecule has 5 nitrogen and oxygen atoms in total. The summed E-state index contributed by atoms with van der Waals surface area (Å²) in [5.74, 6) is 0.499. The van der Waals surface area contributed by atoms with Crippen LogP contribution in [0.15, 0.2) is 24.5 Å². The lowest BCUT2D eigenvalue weighted by molar-refractivity contribution is -0.146. The Kier molecular flexibility index (Phi) is 4.63. The number of ether oxygens (including phenoxy) is 1. The number of nitrogens with zero attached hydrogens (tertiary/aromatic N) is 2. The van der Waals surface area contributed by atoms with E-state index in [4.69, 9.17) is 4.74 Å². The van der Waals surface area contributed by atoms with Gasteiger partial charge in [-0.2, -0.15) is 0 Å². The van der Waals surface area contributed by atoms with E-state index in [9.17, 15) is 9.90 Å². The lowest BCUT2D eigenvalue weighted by Gasteiger charge is -2.48. The summed E-state index contributed by atoms with van der Waals surface area (Å²) in [5.41, 5.74) is -0.676. The fraction of sp³-hybridized carbons (Fsp3) is 0.750. The lowest BCUT2D eigenvalue weighted by Crippen LogP contribution is -2.55. The highest BCUT2D eigenvalue weighted by Crippen LogP contribution is 2.41. The monoisotopic (exact) mass is 346 g/mol. The molecule has 2 aliphatic heterocycles. The predicted octanol–water partition coefficient (Wildman–Crippen LogP) is 2.54. The Morgan fingerprint density at radius 2 is 1.88 bits per heavy atom. The van der Waals surface area contributed by atoms with E-state index < -0.39 is 5.60 Å². The number of aliphatic hydroxyl groups is 1. The maximum absolute atomic E-state index is 13.1. The Morgan fingerprint density at radius 1 is 1.12 bits per heavy atom. The van der Waals surface area contributed by atoms with Crippen LogP contribution in [0.25, 0.3) is 0 Å². The first-order valence-electron chi connectivity index (χ1n) is 9.83. The second kappa shape index (κ2) is 6.76. The zero-order valence-electron chi connectivity index (χ0n) is 15.0. The predicted molar refractivity (Wildman–Crippen MR) is 95.2 cm³/mol. The molecule has 2 atom stereocenters. The Hall–Kier alpha value is -1.33. The Bertz CT molecular complexity index is 594. The molecule has 1 amide bonds. The quantitative estimate of drug-likeness (QED) is 0.915. The van der Waals surface area contributed by atoms with Crippen LogP contribution >= 0.6 is 0 Å². The van der Waals surface area contributed by atoms with Gasteiger partial charge in [-0.05, 0) is 44.2 Å². The molecule has 0 bridgehead atoms.